The normalized spacial score (nSPS) is 12.4. The van der Waals surface area contributed by atoms with E-state index in [9.17, 15) is 4.79 Å². The summed E-state index contributed by atoms with van der Waals surface area (Å²) in [5, 5.41) is 2.87. The molecule has 0 saturated carbocycles. The number of ether oxygens (including phenoxy) is 1. The molecule has 1 aromatic carbocycles. The number of benzene rings is 1. The van der Waals surface area contributed by atoms with Crippen LogP contribution in [0.3, 0.4) is 0 Å². The van der Waals surface area contributed by atoms with Gasteiger partial charge >= 0.3 is 0 Å². The van der Waals surface area contributed by atoms with Gasteiger partial charge in [0.25, 0.3) is 0 Å². The molecule has 1 amide bonds. The van der Waals surface area contributed by atoms with Gasteiger partial charge in [0.15, 0.2) is 0 Å². The summed E-state index contributed by atoms with van der Waals surface area (Å²) in [5.41, 5.74) is 0.948. The second-order valence-electron chi connectivity index (χ2n) is 3.93. The van der Waals surface area contributed by atoms with Crippen molar-refractivity contribution in [2.75, 3.05) is 7.11 Å². The number of hydrogen-bond donors (Lipinski definition) is 1. The van der Waals surface area contributed by atoms with Crippen molar-refractivity contribution in [1.29, 1.82) is 0 Å². The third-order valence-electron chi connectivity index (χ3n) is 2.52. The van der Waals surface area contributed by atoms with Crippen LogP contribution in [-0.4, -0.2) is 19.1 Å². The molecule has 3 heteroatoms. The van der Waals surface area contributed by atoms with E-state index in [0.717, 1.165) is 17.7 Å². The predicted molar refractivity (Wildman–Crippen MR) is 69.9 cm³/mol. The van der Waals surface area contributed by atoms with Gasteiger partial charge in [-0.25, -0.2) is 0 Å². The molecule has 1 aromatic rings. The molecule has 0 bridgehead atoms. The summed E-state index contributed by atoms with van der Waals surface area (Å²) in [4.78, 5) is 11.5. The van der Waals surface area contributed by atoms with Crippen LogP contribution in [0.25, 0.3) is 6.08 Å². The van der Waals surface area contributed by atoms with Crippen LogP contribution in [0.1, 0.15) is 25.8 Å². The van der Waals surface area contributed by atoms with Gasteiger partial charge in [-0.1, -0.05) is 19.1 Å². The maximum absolute atomic E-state index is 11.5. The van der Waals surface area contributed by atoms with Crippen LogP contribution in [0.15, 0.2) is 30.3 Å². The summed E-state index contributed by atoms with van der Waals surface area (Å²) in [7, 11) is 1.62. The van der Waals surface area contributed by atoms with Gasteiger partial charge in [0.05, 0.1) is 7.11 Å². The van der Waals surface area contributed by atoms with E-state index in [2.05, 4.69) is 5.32 Å². The molecule has 1 N–H and O–H groups in total. The van der Waals surface area contributed by atoms with Gasteiger partial charge in [-0.3, -0.25) is 4.79 Å². The van der Waals surface area contributed by atoms with Gasteiger partial charge in [0, 0.05) is 12.1 Å². The summed E-state index contributed by atoms with van der Waals surface area (Å²) in [6.45, 7) is 4.02. The van der Waals surface area contributed by atoms with Crippen molar-refractivity contribution in [3.8, 4) is 5.75 Å². The Morgan fingerprint density at radius 2 is 2.29 bits per heavy atom. The molecule has 17 heavy (non-hydrogen) atoms. The molecule has 0 fully saturated rings. The summed E-state index contributed by atoms with van der Waals surface area (Å²) < 4.78 is 5.11. The van der Waals surface area contributed by atoms with Gasteiger partial charge in [-0.2, -0.15) is 0 Å². The zero-order chi connectivity index (χ0) is 12.7. The van der Waals surface area contributed by atoms with Gasteiger partial charge in [-0.15, -0.1) is 0 Å². The zero-order valence-electron chi connectivity index (χ0n) is 10.6. The average Bonchev–Trinajstić information content (AvgIpc) is 2.36. The Balaban J connectivity index is 2.60. The van der Waals surface area contributed by atoms with E-state index in [0.29, 0.717) is 0 Å². The van der Waals surface area contributed by atoms with Crippen LogP contribution >= 0.6 is 0 Å². The van der Waals surface area contributed by atoms with Crippen molar-refractivity contribution < 1.29 is 9.53 Å². The van der Waals surface area contributed by atoms with E-state index < -0.39 is 0 Å². The minimum Gasteiger partial charge on any atom is -0.497 e. The summed E-state index contributed by atoms with van der Waals surface area (Å²) >= 11 is 0. The molecule has 0 saturated heterocycles. The highest BCUT2D eigenvalue weighted by Crippen LogP contribution is 2.13. The van der Waals surface area contributed by atoms with E-state index in [1.54, 1.807) is 19.3 Å². The molecule has 0 heterocycles. The van der Waals surface area contributed by atoms with Gasteiger partial charge in [-0.05, 0) is 37.1 Å². The molecule has 0 aromatic heterocycles. The fourth-order valence-electron chi connectivity index (χ4n) is 1.31. The van der Waals surface area contributed by atoms with Crippen LogP contribution in [0.5, 0.6) is 5.75 Å². The minimum absolute atomic E-state index is 0.0674. The molecule has 0 aliphatic rings. The lowest BCUT2D eigenvalue weighted by molar-refractivity contribution is -0.117. The molecule has 1 atom stereocenters. The molecule has 1 unspecified atom stereocenters. The second-order valence-corrected chi connectivity index (χ2v) is 3.93. The minimum atomic E-state index is -0.0674. The molecule has 0 aliphatic heterocycles. The molecule has 92 valence electrons. The van der Waals surface area contributed by atoms with Crippen molar-refractivity contribution in [2.24, 2.45) is 0 Å². The quantitative estimate of drug-likeness (QED) is 0.794. The van der Waals surface area contributed by atoms with E-state index in [4.69, 9.17) is 4.74 Å². The monoisotopic (exact) mass is 233 g/mol. The first kappa shape index (κ1) is 13.3. The molecule has 3 nitrogen and oxygen atoms in total. The highest BCUT2D eigenvalue weighted by atomic mass is 16.5. The Bertz CT molecular complexity index is 399. The fourth-order valence-corrected chi connectivity index (χ4v) is 1.31. The lowest BCUT2D eigenvalue weighted by Gasteiger charge is -2.08. The van der Waals surface area contributed by atoms with Gasteiger partial charge in [0.2, 0.25) is 5.91 Å². The highest BCUT2D eigenvalue weighted by molar-refractivity contribution is 5.91. The van der Waals surface area contributed by atoms with Crippen molar-refractivity contribution in [3.05, 3.63) is 35.9 Å². The lowest BCUT2D eigenvalue weighted by Crippen LogP contribution is -2.30. The van der Waals surface area contributed by atoms with Crippen LogP contribution < -0.4 is 10.1 Å². The fraction of sp³-hybridized carbons (Fsp3) is 0.357. The number of amides is 1. The third-order valence-corrected chi connectivity index (χ3v) is 2.52. The molecule has 1 rings (SSSR count). The maximum atomic E-state index is 11.5. The molecular weight excluding hydrogens is 214 g/mol. The van der Waals surface area contributed by atoms with Crippen molar-refractivity contribution in [2.45, 2.75) is 26.3 Å². The second kappa shape index (κ2) is 6.74. The first-order chi connectivity index (χ1) is 8.15. The number of nitrogens with one attached hydrogen (secondary N) is 1. The Labute approximate surface area is 102 Å². The summed E-state index contributed by atoms with van der Waals surface area (Å²) in [5.74, 6) is 0.719. The van der Waals surface area contributed by atoms with Crippen LogP contribution in [0, 0.1) is 0 Å². The maximum Gasteiger partial charge on any atom is 0.244 e. The zero-order valence-corrected chi connectivity index (χ0v) is 10.6. The first-order valence-corrected chi connectivity index (χ1v) is 5.78. The Morgan fingerprint density at radius 1 is 1.53 bits per heavy atom. The Morgan fingerprint density at radius 3 is 2.94 bits per heavy atom. The Hall–Kier alpha value is -1.77. The van der Waals surface area contributed by atoms with Gasteiger partial charge < -0.3 is 10.1 Å². The number of methoxy groups -OCH3 is 1. The SMILES string of the molecule is CCC(C)NC(=O)C=Cc1cccc(OC)c1. The smallest absolute Gasteiger partial charge is 0.244 e. The van der Waals surface area contributed by atoms with E-state index >= 15 is 0 Å². The predicted octanol–water partition coefficient (Wildman–Crippen LogP) is 2.62. The summed E-state index contributed by atoms with van der Waals surface area (Å²) in [6, 6.07) is 7.78. The third kappa shape index (κ3) is 4.72. The van der Waals surface area contributed by atoms with Gasteiger partial charge in [0.1, 0.15) is 5.75 Å². The highest BCUT2D eigenvalue weighted by Gasteiger charge is 2.00. The van der Waals surface area contributed by atoms with Crippen molar-refractivity contribution in [1.82, 2.24) is 5.32 Å². The van der Waals surface area contributed by atoms with Crippen LogP contribution in [0.4, 0.5) is 0 Å². The molecule has 0 aliphatic carbocycles. The largest absolute Gasteiger partial charge is 0.497 e. The molecular formula is C14H19NO2. The molecule has 0 spiro atoms. The number of hydrogen-bond acceptors (Lipinski definition) is 2. The summed E-state index contributed by atoms with van der Waals surface area (Å²) in [6.07, 6.45) is 4.25. The standard InChI is InChI=1S/C14H19NO2/c1-4-11(2)15-14(16)9-8-12-6-5-7-13(10-12)17-3/h5-11H,4H2,1-3H3,(H,15,16). The Kier molecular flexibility index (Phi) is 5.27. The van der Waals surface area contributed by atoms with E-state index in [-0.39, 0.29) is 11.9 Å². The number of carbonyl (C=O) groups excluding carboxylic acids is 1. The topological polar surface area (TPSA) is 38.3 Å². The lowest BCUT2D eigenvalue weighted by atomic mass is 10.2. The van der Waals surface area contributed by atoms with Crippen LogP contribution in [-0.2, 0) is 4.79 Å². The average molecular weight is 233 g/mol. The number of rotatable bonds is 5. The van der Waals surface area contributed by atoms with E-state index in [1.165, 1.54) is 0 Å². The van der Waals surface area contributed by atoms with Crippen molar-refractivity contribution in [3.63, 3.8) is 0 Å². The molecule has 0 radical (unpaired) electrons. The first-order valence-electron chi connectivity index (χ1n) is 5.78. The van der Waals surface area contributed by atoms with E-state index in [1.807, 2.05) is 38.1 Å². The number of carbonyl (C=O) groups is 1. The van der Waals surface area contributed by atoms with Crippen LogP contribution in [0.2, 0.25) is 0 Å². The van der Waals surface area contributed by atoms with Crippen molar-refractivity contribution >= 4 is 12.0 Å².